The first-order valence-electron chi connectivity index (χ1n) is 13.8. The molecule has 252 valence electrons. The Labute approximate surface area is 242 Å². The van der Waals surface area contributed by atoms with Gasteiger partial charge in [0, 0.05) is 18.6 Å². The summed E-state index contributed by atoms with van der Waals surface area (Å²) >= 11 is 0. The zero-order valence-electron chi connectivity index (χ0n) is 25.0. The molecule has 0 aliphatic heterocycles. The number of carbonyl (C=O) groups excluding carboxylic acids is 1. The quantitative estimate of drug-likeness (QED) is 0.124. The molecule has 0 aliphatic rings. The number of halogens is 8. The molecule has 0 aromatic heterocycles. The van der Waals surface area contributed by atoms with Gasteiger partial charge in [-0.25, -0.2) is 8.78 Å². The van der Waals surface area contributed by atoms with E-state index < -0.39 is 60.2 Å². The number of rotatable bonds is 23. The van der Waals surface area contributed by atoms with E-state index in [4.69, 9.17) is 29.4 Å². The molecule has 16 heteroatoms. The Kier molecular flexibility index (Phi) is 17.3. The van der Waals surface area contributed by atoms with E-state index in [1.165, 1.54) is 6.92 Å². The van der Waals surface area contributed by atoms with Crippen molar-refractivity contribution in [3.8, 4) is 0 Å². The molecule has 0 spiro atoms. The lowest BCUT2D eigenvalue weighted by molar-refractivity contribution is -0.317. The molecule has 0 rings (SSSR count). The molecule has 0 bridgehead atoms. The Morgan fingerprint density at radius 2 is 1.14 bits per heavy atom. The van der Waals surface area contributed by atoms with Gasteiger partial charge in [0.25, 0.3) is 5.91 Å². The summed E-state index contributed by atoms with van der Waals surface area (Å²) in [4.78, 5) is 12.5. The molecule has 3 atom stereocenters. The van der Waals surface area contributed by atoms with Gasteiger partial charge in [-0.3, -0.25) is 4.79 Å². The predicted octanol–water partition coefficient (Wildman–Crippen LogP) is 4.68. The van der Waals surface area contributed by atoms with Gasteiger partial charge in [-0.15, -0.1) is 0 Å². The number of alkyl halides is 8. The van der Waals surface area contributed by atoms with Crippen LogP contribution in [0.5, 0.6) is 0 Å². The second-order valence-corrected chi connectivity index (χ2v) is 10.4. The van der Waals surface area contributed by atoms with E-state index in [1.54, 1.807) is 5.32 Å². The summed E-state index contributed by atoms with van der Waals surface area (Å²) in [7, 11) is 0. The summed E-state index contributed by atoms with van der Waals surface area (Å²) in [6.45, 7) is 4.21. The average Bonchev–Trinajstić information content (AvgIpc) is 2.91. The first-order valence-corrected chi connectivity index (χ1v) is 13.8. The number of carbonyl (C=O) groups is 1. The van der Waals surface area contributed by atoms with E-state index in [2.05, 4.69) is 0 Å². The van der Waals surface area contributed by atoms with E-state index in [-0.39, 0.29) is 39.5 Å². The Morgan fingerprint density at radius 3 is 1.52 bits per heavy atom. The number of hydrogen-bond donors (Lipinski definition) is 2. The lowest BCUT2D eigenvalue weighted by Crippen LogP contribution is -2.68. The minimum absolute atomic E-state index is 0.00284. The van der Waals surface area contributed by atoms with E-state index in [0.717, 1.165) is 27.2 Å². The third-order valence-electron chi connectivity index (χ3n) is 7.24. The second-order valence-electron chi connectivity index (χ2n) is 10.4. The standard InChI is InChI=1S/C26H46F8N2O6/c1-6-21(3,4)23(27,25(29,30)31)19-42-22(5,7-2)24(28,26(32,33)34)20(37)36-10-12-39-14-16-41-18-17-40-15-13-38-11-8-9-35/h6-19,35H2,1-5H3,(H,36,37). The van der Waals surface area contributed by atoms with Crippen LogP contribution in [0, 0.1) is 5.41 Å². The lowest BCUT2D eigenvalue weighted by atomic mass is 9.73. The molecule has 42 heavy (non-hydrogen) atoms. The van der Waals surface area contributed by atoms with Crippen LogP contribution in [0.25, 0.3) is 0 Å². The van der Waals surface area contributed by atoms with Crippen LogP contribution in [0.4, 0.5) is 35.1 Å². The summed E-state index contributed by atoms with van der Waals surface area (Å²) in [5.41, 5.74) is -8.94. The summed E-state index contributed by atoms with van der Waals surface area (Å²) < 4.78 is 140. The fourth-order valence-corrected chi connectivity index (χ4v) is 3.62. The molecule has 0 saturated carbocycles. The van der Waals surface area contributed by atoms with Crippen LogP contribution < -0.4 is 11.1 Å². The van der Waals surface area contributed by atoms with E-state index in [0.29, 0.717) is 33.3 Å². The molecular weight excluding hydrogens is 588 g/mol. The fourth-order valence-electron chi connectivity index (χ4n) is 3.62. The van der Waals surface area contributed by atoms with Crippen LogP contribution in [0.2, 0.25) is 0 Å². The van der Waals surface area contributed by atoms with Gasteiger partial charge < -0.3 is 34.7 Å². The minimum atomic E-state index is -5.91. The molecule has 0 aromatic rings. The van der Waals surface area contributed by atoms with Crippen molar-refractivity contribution in [3.63, 3.8) is 0 Å². The minimum Gasteiger partial charge on any atom is -0.379 e. The maximum absolute atomic E-state index is 15.7. The molecule has 0 fully saturated rings. The zero-order valence-corrected chi connectivity index (χ0v) is 25.0. The molecule has 0 saturated heterocycles. The van der Waals surface area contributed by atoms with Crippen molar-refractivity contribution in [2.75, 3.05) is 72.6 Å². The number of hydrogen-bond acceptors (Lipinski definition) is 7. The molecule has 3 unspecified atom stereocenters. The maximum atomic E-state index is 15.7. The zero-order chi connectivity index (χ0) is 32.7. The van der Waals surface area contributed by atoms with Crippen LogP contribution in [0.1, 0.15) is 53.9 Å². The van der Waals surface area contributed by atoms with Crippen LogP contribution in [-0.4, -0.2) is 108 Å². The van der Waals surface area contributed by atoms with E-state index in [9.17, 15) is 31.1 Å². The Balaban J connectivity index is 4.96. The van der Waals surface area contributed by atoms with Crippen LogP contribution in [0.15, 0.2) is 0 Å². The third-order valence-corrected chi connectivity index (χ3v) is 7.24. The maximum Gasteiger partial charge on any atom is 0.434 e. The Bertz CT molecular complexity index is 774. The van der Waals surface area contributed by atoms with Gasteiger partial charge in [0.15, 0.2) is 0 Å². The molecule has 0 radical (unpaired) electrons. The van der Waals surface area contributed by atoms with Gasteiger partial charge in [0.05, 0.1) is 52.9 Å². The molecule has 0 heterocycles. The normalized spacial score (nSPS) is 17.4. The van der Waals surface area contributed by atoms with Crippen molar-refractivity contribution in [2.24, 2.45) is 11.1 Å². The van der Waals surface area contributed by atoms with Crippen LogP contribution in [-0.2, 0) is 28.5 Å². The van der Waals surface area contributed by atoms with Crippen LogP contribution in [0.3, 0.4) is 0 Å². The van der Waals surface area contributed by atoms with Gasteiger partial charge in [-0.2, -0.15) is 26.3 Å². The van der Waals surface area contributed by atoms with Crippen molar-refractivity contribution in [3.05, 3.63) is 0 Å². The molecule has 0 aromatic carbocycles. The topological polar surface area (TPSA) is 101 Å². The highest BCUT2D eigenvalue weighted by molar-refractivity contribution is 5.87. The summed E-state index contributed by atoms with van der Waals surface area (Å²) in [6, 6.07) is 0. The number of amides is 1. The van der Waals surface area contributed by atoms with E-state index >= 15 is 8.78 Å². The second kappa shape index (κ2) is 17.8. The van der Waals surface area contributed by atoms with Crippen molar-refractivity contribution in [2.45, 2.75) is 83.2 Å². The van der Waals surface area contributed by atoms with Gasteiger partial charge in [-0.05, 0) is 32.7 Å². The average molecular weight is 635 g/mol. The van der Waals surface area contributed by atoms with Crippen molar-refractivity contribution in [1.29, 1.82) is 0 Å². The van der Waals surface area contributed by atoms with Gasteiger partial charge in [0.2, 0.25) is 5.67 Å². The Morgan fingerprint density at radius 1 is 0.690 bits per heavy atom. The monoisotopic (exact) mass is 634 g/mol. The highest BCUT2D eigenvalue weighted by Gasteiger charge is 2.73. The molecule has 1 amide bonds. The SMILES string of the molecule is CCC(C)(C)C(F)(COC(C)(CC)C(F)(C(=O)NCCOCCOCCOCCOCCCN)C(F)(F)F)C(F)(F)F. The van der Waals surface area contributed by atoms with Crippen molar-refractivity contribution in [1.82, 2.24) is 5.32 Å². The van der Waals surface area contributed by atoms with Crippen molar-refractivity contribution >= 4 is 5.91 Å². The highest BCUT2D eigenvalue weighted by Crippen LogP contribution is 2.51. The van der Waals surface area contributed by atoms with Gasteiger partial charge in [0.1, 0.15) is 5.60 Å². The predicted molar refractivity (Wildman–Crippen MR) is 138 cm³/mol. The highest BCUT2D eigenvalue weighted by atomic mass is 19.4. The molecular formula is C26H46F8N2O6. The number of nitrogens with two attached hydrogens (primary N) is 1. The lowest BCUT2D eigenvalue weighted by Gasteiger charge is -2.46. The van der Waals surface area contributed by atoms with Crippen molar-refractivity contribution < 1.29 is 63.6 Å². The molecule has 3 N–H and O–H groups in total. The third kappa shape index (κ3) is 11.0. The largest absolute Gasteiger partial charge is 0.434 e. The molecule has 8 nitrogen and oxygen atoms in total. The van der Waals surface area contributed by atoms with Gasteiger partial charge in [-0.1, -0.05) is 27.7 Å². The first-order chi connectivity index (χ1) is 19.3. The summed E-state index contributed by atoms with van der Waals surface area (Å²) in [5, 5.41) is 1.75. The Hall–Kier alpha value is -1.33. The summed E-state index contributed by atoms with van der Waals surface area (Å²) in [6.07, 6.45) is -12.0. The summed E-state index contributed by atoms with van der Waals surface area (Å²) in [5.74, 6) is -2.20. The van der Waals surface area contributed by atoms with Crippen LogP contribution >= 0.6 is 0 Å². The number of nitrogens with one attached hydrogen (secondary N) is 1. The van der Waals surface area contributed by atoms with E-state index in [1.807, 2.05) is 0 Å². The first kappa shape index (κ1) is 40.7. The fraction of sp³-hybridized carbons (Fsp3) is 0.962. The van der Waals surface area contributed by atoms with Gasteiger partial charge >= 0.3 is 18.0 Å². The number of ether oxygens (including phenoxy) is 5. The molecule has 0 aliphatic carbocycles. The smallest absolute Gasteiger partial charge is 0.379 e.